The molecule has 13 heavy (non-hydrogen) atoms. The molecule has 1 aromatic rings. The van der Waals surface area contributed by atoms with Gasteiger partial charge in [0.1, 0.15) is 0 Å². The number of nitrogens with two attached hydrogens (primary N) is 1. The molecule has 72 valence electrons. The van der Waals surface area contributed by atoms with E-state index in [2.05, 4.69) is 9.88 Å². The molecule has 1 unspecified atom stereocenters. The summed E-state index contributed by atoms with van der Waals surface area (Å²) in [6.07, 6.45) is 1.87. The molecular weight excluding hydrogens is 202 g/mol. The van der Waals surface area contributed by atoms with Crippen LogP contribution in [0.15, 0.2) is 11.7 Å². The molecule has 0 radical (unpaired) electrons. The van der Waals surface area contributed by atoms with Crippen LogP contribution in [0, 0.1) is 0 Å². The molecule has 0 aliphatic carbocycles. The van der Waals surface area contributed by atoms with Crippen LogP contribution in [0.3, 0.4) is 0 Å². The Balaban J connectivity index is 2.50. The van der Waals surface area contributed by atoms with Crippen molar-refractivity contribution in [1.82, 2.24) is 9.88 Å². The van der Waals surface area contributed by atoms with Crippen LogP contribution in [-0.2, 0) is 6.54 Å². The van der Waals surface area contributed by atoms with Gasteiger partial charge in [0, 0.05) is 17.6 Å². The zero-order valence-corrected chi connectivity index (χ0v) is 9.36. The monoisotopic (exact) mass is 215 g/mol. The van der Waals surface area contributed by atoms with Crippen molar-refractivity contribution in [3.8, 4) is 0 Å². The Labute approximate surface area is 87.6 Å². The molecule has 1 rings (SSSR count). The van der Waals surface area contributed by atoms with Crippen LogP contribution >= 0.6 is 23.6 Å². The molecule has 1 atom stereocenters. The lowest BCUT2D eigenvalue weighted by Crippen LogP contribution is -2.38. The van der Waals surface area contributed by atoms with Crippen LogP contribution in [0.25, 0.3) is 0 Å². The van der Waals surface area contributed by atoms with E-state index in [0.29, 0.717) is 4.99 Å². The van der Waals surface area contributed by atoms with Crippen molar-refractivity contribution in [1.29, 1.82) is 0 Å². The fourth-order valence-electron chi connectivity index (χ4n) is 0.920. The summed E-state index contributed by atoms with van der Waals surface area (Å²) >= 11 is 6.56. The van der Waals surface area contributed by atoms with E-state index in [-0.39, 0.29) is 6.04 Å². The molecule has 2 N–H and O–H groups in total. The molecule has 5 heteroatoms. The summed E-state index contributed by atoms with van der Waals surface area (Å²) in [6.45, 7) is 2.85. The van der Waals surface area contributed by atoms with E-state index >= 15 is 0 Å². The lowest BCUT2D eigenvalue weighted by atomic mass is 10.3. The van der Waals surface area contributed by atoms with Crippen LogP contribution in [0.5, 0.6) is 0 Å². The Bertz CT molecular complexity index is 271. The Morgan fingerprint density at radius 2 is 2.54 bits per heavy atom. The van der Waals surface area contributed by atoms with E-state index in [9.17, 15) is 0 Å². The number of thiazole rings is 1. The molecule has 0 spiro atoms. The Morgan fingerprint density at radius 3 is 3.00 bits per heavy atom. The second kappa shape index (κ2) is 4.64. The summed E-state index contributed by atoms with van der Waals surface area (Å²) in [5, 5.41) is 0. The van der Waals surface area contributed by atoms with Gasteiger partial charge in [-0.2, -0.15) is 0 Å². The summed E-state index contributed by atoms with van der Waals surface area (Å²) in [5.41, 5.74) is 7.37. The van der Waals surface area contributed by atoms with Gasteiger partial charge in [0.2, 0.25) is 0 Å². The van der Waals surface area contributed by atoms with Gasteiger partial charge < -0.3 is 5.73 Å². The van der Waals surface area contributed by atoms with Crippen LogP contribution < -0.4 is 5.73 Å². The Hall–Kier alpha value is -0.520. The number of nitrogens with zero attached hydrogens (tertiary/aromatic N) is 2. The molecular formula is C8H13N3S2. The maximum absolute atomic E-state index is 5.54. The van der Waals surface area contributed by atoms with E-state index in [1.807, 2.05) is 25.7 Å². The fraction of sp³-hybridized carbons (Fsp3) is 0.500. The van der Waals surface area contributed by atoms with Crippen LogP contribution in [0.1, 0.15) is 11.8 Å². The average molecular weight is 215 g/mol. The Morgan fingerprint density at radius 1 is 1.85 bits per heavy atom. The van der Waals surface area contributed by atoms with Gasteiger partial charge in [0.25, 0.3) is 0 Å². The van der Waals surface area contributed by atoms with Gasteiger partial charge in [-0.25, -0.2) is 0 Å². The van der Waals surface area contributed by atoms with Crippen molar-refractivity contribution in [2.45, 2.75) is 19.5 Å². The third kappa shape index (κ3) is 3.02. The number of likely N-dealkylation sites (N-methyl/N-ethyl adjacent to an activating group) is 1. The number of aromatic nitrogens is 1. The van der Waals surface area contributed by atoms with E-state index in [1.165, 1.54) is 4.88 Å². The van der Waals surface area contributed by atoms with E-state index < -0.39 is 0 Å². The van der Waals surface area contributed by atoms with E-state index in [0.717, 1.165) is 6.54 Å². The first kappa shape index (κ1) is 10.6. The molecule has 0 fully saturated rings. The molecule has 0 saturated carbocycles. The normalized spacial score (nSPS) is 13.2. The van der Waals surface area contributed by atoms with Crippen molar-refractivity contribution >= 4 is 28.5 Å². The van der Waals surface area contributed by atoms with Crippen molar-refractivity contribution < 1.29 is 0 Å². The van der Waals surface area contributed by atoms with Crippen molar-refractivity contribution in [2.75, 3.05) is 7.05 Å². The molecule has 1 aromatic heterocycles. The predicted molar refractivity (Wildman–Crippen MR) is 59.8 cm³/mol. The molecule has 0 aliphatic heterocycles. The summed E-state index contributed by atoms with van der Waals surface area (Å²) in [6, 6.07) is 0.136. The van der Waals surface area contributed by atoms with Crippen LogP contribution in [-0.4, -0.2) is 28.0 Å². The van der Waals surface area contributed by atoms with Gasteiger partial charge >= 0.3 is 0 Å². The molecule has 0 saturated heterocycles. The highest BCUT2D eigenvalue weighted by molar-refractivity contribution is 7.80. The van der Waals surface area contributed by atoms with Crippen LogP contribution in [0.2, 0.25) is 0 Å². The van der Waals surface area contributed by atoms with E-state index in [1.54, 1.807) is 11.3 Å². The highest BCUT2D eigenvalue weighted by Crippen LogP contribution is 2.10. The number of hydrogen-bond acceptors (Lipinski definition) is 4. The average Bonchev–Trinajstić information content (AvgIpc) is 2.55. The largest absolute Gasteiger partial charge is 0.392 e. The van der Waals surface area contributed by atoms with Gasteiger partial charge in [0.05, 0.1) is 16.5 Å². The molecule has 1 heterocycles. The second-order valence-electron chi connectivity index (χ2n) is 2.96. The summed E-state index contributed by atoms with van der Waals surface area (Å²) in [5.74, 6) is 0. The number of thiocarbonyl (C=S) groups is 1. The zero-order chi connectivity index (χ0) is 9.84. The van der Waals surface area contributed by atoms with Gasteiger partial charge in [-0.3, -0.25) is 9.88 Å². The van der Waals surface area contributed by atoms with Crippen molar-refractivity contribution in [3.05, 3.63) is 16.6 Å². The quantitative estimate of drug-likeness (QED) is 0.768. The van der Waals surface area contributed by atoms with Crippen molar-refractivity contribution in [3.63, 3.8) is 0 Å². The van der Waals surface area contributed by atoms with Gasteiger partial charge in [-0.15, -0.1) is 11.3 Å². The lowest BCUT2D eigenvalue weighted by Gasteiger charge is -2.22. The summed E-state index contributed by atoms with van der Waals surface area (Å²) in [4.78, 5) is 7.88. The first-order valence-corrected chi connectivity index (χ1v) is 5.27. The fourth-order valence-corrected chi connectivity index (χ4v) is 1.76. The smallest absolute Gasteiger partial charge is 0.0899 e. The lowest BCUT2D eigenvalue weighted by molar-refractivity contribution is 0.307. The third-order valence-corrected chi connectivity index (χ3v) is 3.07. The number of hydrogen-bond donors (Lipinski definition) is 1. The first-order valence-electron chi connectivity index (χ1n) is 3.98. The zero-order valence-electron chi connectivity index (χ0n) is 7.73. The van der Waals surface area contributed by atoms with Gasteiger partial charge in [0.15, 0.2) is 0 Å². The van der Waals surface area contributed by atoms with Crippen LogP contribution in [0.4, 0.5) is 0 Å². The number of rotatable bonds is 4. The topological polar surface area (TPSA) is 42.1 Å². The minimum atomic E-state index is 0.136. The molecule has 3 nitrogen and oxygen atoms in total. The summed E-state index contributed by atoms with van der Waals surface area (Å²) < 4.78 is 0. The Kier molecular flexibility index (Phi) is 3.77. The molecule has 0 amide bonds. The van der Waals surface area contributed by atoms with Crippen molar-refractivity contribution in [2.24, 2.45) is 5.73 Å². The summed E-state index contributed by atoms with van der Waals surface area (Å²) in [7, 11) is 2.00. The maximum Gasteiger partial charge on any atom is 0.0899 e. The predicted octanol–water partition coefficient (Wildman–Crippen LogP) is 1.25. The highest BCUT2D eigenvalue weighted by Gasteiger charge is 2.12. The molecule has 0 aliphatic rings. The maximum atomic E-state index is 5.54. The minimum Gasteiger partial charge on any atom is -0.392 e. The second-order valence-corrected chi connectivity index (χ2v) is 4.40. The van der Waals surface area contributed by atoms with Gasteiger partial charge in [-0.1, -0.05) is 12.2 Å². The third-order valence-electron chi connectivity index (χ3n) is 1.96. The SMILES string of the molecule is CC(C(N)=S)N(C)Cc1cncs1. The highest BCUT2D eigenvalue weighted by atomic mass is 32.1. The van der Waals surface area contributed by atoms with Gasteiger partial charge in [-0.05, 0) is 14.0 Å². The standard InChI is InChI=1S/C8H13N3S2/c1-6(8(9)12)11(2)4-7-3-10-5-13-7/h3,5-6H,4H2,1-2H3,(H2,9,12). The molecule has 0 bridgehead atoms. The molecule has 0 aromatic carbocycles. The first-order chi connectivity index (χ1) is 6.11. The van der Waals surface area contributed by atoms with E-state index in [4.69, 9.17) is 18.0 Å². The minimum absolute atomic E-state index is 0.136.